The molecule has 9 heteroatoms. The number of methoxy groups -OCH3 is 1. The molecule has 1 fully saturated rings. The van der Waals surface area contributed by atoms with Gasteiger partial charge in [0.05, 0.1) is 12.5 Å². The van der Waals surface area contributed by atoms with Crippen LogP contribution in [-0.2, 0) is 19.7 Å². The molecule has 1 atom stereocenters. The Kier molecular flexibility index (Phi) is 4.99. The Bertz CT molecular complexity index is 345. The number of hydrogen-bond acceptors (Lipinski definition) is 5. The number of ether oxygens (including phenoxy) is 1. The second kappa shape index (κ2) is 5.82. The average molecular weight is 270 g/mol. The summed E-state index contributed by atoms with van der Waals surface area (Å²) in [7, 11) is -2.27. The van der Waals surface area contributed by atoms with Gasteiger partial charge in [0.1, 0.15) is 6.04 Å². The number of carbonyl (C=O) groups is 1. The van der Waals surface area contributed by atoms with Gasteiger partial charge in [-0.3, -0.25) is 4.79 Å². The lowest BCUT2D eigenvalue weighted by atomic mass is 10.4. The molecule has 0 unspecified atom stereocenters. The van der Waals surface area contributed by atoms with Crippen LogP contribution in [0.2, 0.25) is 0 Å². The van der Waals surface area contributed by atoms with E-state index < -0.39 is 22.2 Å². The lowest BCUT2D eigenvalue weighted by Crippen LogP contribution is -2.47. The third-order valence-electron chi connectivity index (χ3n) is 2.03. The number of nitrogens with one attached hydrogen (secondary N) is 1. The van der Waals surface area contributed by atoms with E-state index in [4.69, 9.17) is 9.84 Å². The Hall–Kier alpha value is -0.350. The maximum atomic E-state index is 11.7. The molecule has 0 aromatic heterocycles. The quantitative estimate of drug-likeness (QED) is 0.596. The van der Waals surface area contributed by atoms with E-state index in [1.165, 1.54) is 18.9 Å². The minimum Gasteiger partial charge on any atom is -0.480 e. The van der Waals surface area contributed by atoms with Gasteiger partial charge in [-0.15, -0.1) is 11.8 Å². The number of hydrogen-bond donors (Lipinski definition) is 2. The van der Waals surface area contributed by atoms with Gasteiger partial charge in [-0.05, 0) is 0 Å². The molecule has 0 aromatic rings. The maximum Gasteiger partial charge on any atom is 0.322 e. The predicted octanol–water partition coefficient (Wildman–Crippen LogP) is -1.07. The zero-order chi connectivity index (χ0) is 12.2. The number of rotatable bonds is 6. The largest absolute Gasteiger partial charge is 0.480 e. The first-order valence-corrected chi connectivity index (χ1v) is 7.14. The van der Waals surface area contributed by atoms with Crippen LogP contribution in [0.25, 0.3) is 0 Å². The highest BCUT2D eigenvalue weighted by molar-refractivity contribution is 8.00. The van der Waals surface area contributed by atoms with Gasteiger partial charge in [0.25, 0.3) is 10.2 Å². The molecule has 0 bridgehead atoms. The van der Waals surface area contributed by atoms with Crippen molar-refractivity contribution in [3.05, 3.63) is 0 Å². The normalized spacial score (nSPS) is 22.4. The predicted molar refractivity (Wildman–Crippen MR) is 59.4 cm³/mol. The van der Waals surface area contributed by atoms with Crippen LogP contribution in [0.3, 0.4) is 0 Å². The van der Waals surface area contributed by atoms with Crippen molar-refractivity contribution >= 4 is 27.9 Å². The van der Waals surface area contributed by atoms with E-state index in [1.807, 2.05) is 0 Å². The van der Waals surface area contributed by atoms with Crippen LogP contribution in [0.5, 0.6) is 0 Å². The van der Waals surface area contributed by atoms with Crippen LogP contribution >= 0.6 is 11.8 Å². The molecule has 7 nitrogen and oxygen atoms in total. The molecule has 0 amide bonds. The van der Waals surface area contributed by atoms with Gasteiger partial charge in [0.2, 0.25) is 0 Å². The van der Waals surface area contributed by atoms with Crippen molar-refractivity contribution in [3.8, 4) is 0 Å². The lowest BCUT2D eigenvalue weighted by Gasteiger charge is -2.20. The Balaban J connectivity index is 2.63. The average Bonchev–Trinajstić information content (AvgIpc) is 2.66. The summed E-state index contributed by atoms with van der Waals surface area (Å²) in [6.45, 7) is 0.379. The molecular weight excluding hydrogens is 256 g/mol. The third kappa shape index (κ3) is 3.32. The molecule has 0 aliphatic carbocycles. The fraction of sp³-hybridized carbons (Fsp3) is 0.857. The Morgan fingerprint density at radius 3 is 2.94 bits per heavy atom. The highest BCUT2D eigenvalue weighted by Crippen LogP contribution is 2.23. The van der Waals surface area contributed by atoms with Gasteiger partial charge in [-0.25, -0.2) is 0 Å². The van der Waals surface area contributed by atoms with E-state index in [9.17, 15) is 13.2 Å². The molecule has 0 radical (unpaired) electrons. The molecule has 1 aliphatic heterocycles. The molecule has 16 heavy (non-hydrogen) atoms. The smallest absolute Gasteiger partial charge is 0.322 e. The van der Waals surface area contributed by atoms with E-state index in [0.717, 1.165) is 4.31 Å². The Morgan fingerprint density at radius 2 is 2.38 bits per heavy atom. The summed E-state index contributed by atoms with van der Waals surface area (Å²) in [5.74, 6) is -0.679. The van der Waals surface area contributed by atoms with Crippen molar-refractivity contribution in [2.24, 2.45) is 0 Å². The SMILES string of the molecule is COCCNS(=O)(=O)N1CSC[C@H]1C(=O)O. The van der Waals surface area contributed by atoms with E-state index in [-0.39, 0.29) is 24.8 Å². The molecule has 0 saturated carbocycles. The minimum atomic E-state index is -3.72. The van der Waals surface area contributed by atoms with Crippen LogP contribution < -0.4 is 4.72 Å². The number of aliphatic carboxylic acids is 1. The molecule has 1 heterocycles. The number of thioether (sulfide) groups is 1. The van der Waals surface area contributed by atoms with Crippen molar-refractivity contribution in [2.75, 3.05) is 31.9 Å². The summed E-state index contributed by atoms with van der Waals surface area (Å²) >= 11 is 1.28. The Labute approximate surface area is 98.3 Å². The topological polar surface area (TPSA) is 95.9 Å². The molecule has 1 aliphatic rings. The second-order valence-electron chi connectivity index (χ2n) is 3.13. The minimum absolute atomic E-state index is 0.131. The van der Waals surface area contributed by atoms with Crippen molar-refractivity contribution in [3.63, 3.8) is 0 Å². The first-order valence-electron chi connectivity index (χ1n) is 4.55. The highest BCUT2D eigenvalue weighted by atomic mass is 32.2. The zero-order valence-corrected chi connectivity index (χ0v) is 10.4. The summed E-state index contributed by atoms with van der Waals surface area (Å²) in [6.07, 6.45) is 0. The van der Waals surface area contributed by atoms with Gasteiger partial charge >= 0.3 is 5.97 Å². The van der Waals surface area contributed by atoms with Crippen LogP contribution in [0, 0.1) is 0 Å². The summed E-state index contributed by atoms with van der Waals surface area (Å²) in [6, 6.07) is -0.981. The fourth-order valence-corrected chi connectivity index (χ4v) is 4.11. The van der Waals surface area contributed by atoms with E-state index >= 15 is 0 Å². The lowest BCUT2D eigenvalue weighted by molar-refractivity contribution is -0.140. The van der Waals surface area contributed by atoms with Crippen LogP contribution in [0.1, 0.15) is 0 Å². The van der Waals surface area contributed by atoms with E-state index in [2.05, 4.69) is 4.72 Å². The number of nitrogens with zero attached hydrogens (tertiary/aromatic N) is 1. The monoisotopic (exact) mass is 270 g/mol. The summed E-state index contributed by atoms with van der Waals surface area (Å²) in [5, 5.41) is 8.85. The maximum absolute atomic E-state index is 11.7. The first-order chi connectivity index (χ1) is 7.49. The standard InChI is InChI=1S/C7H14N2O5S2/c1-14-3-2-8-16(12,13)9-5-15-4-6(9)7(10)11/h6,8H,2-5H2,1H3,(H,10,11)/t6-/m0/s1. The number of carboxylic acids is 1. The summed E-state index contributed by atoms with van der Waals surface area (Å²) < 4.78 is 31.4. The molecule has 0 spiro atoms. The van der Waals surface area contributed by atoms with Crippen molar-refractivity contribution in [2.45, 2.75) is 6.04 Å². The van der Waals surface area contributed by atoms with Crippen LogP contribution in [0.15, 0.2) is 0 Å². The van der Waals surface area contributed by atoms with Gasteiger partial charge in [-0.1, -0.05) is 0 Å². The van der Waals surface area contributed by atoms with Gasteiger partial charge in [0, 0.05) is 19.4 Å². The van der Waals surface area contributed by atoms with Gasteiger partial charge < -0.3 is 9.84 Å². The van der Waals surface area contributed by atoms with Crippen molar-refractivity contribution in [1.29, 1.82) is 0 Å². The summed E-state index contributed by atoms with van der Waals surface area (Å²) in [4.78, 5) is 10.8. The molecule has 0 aromatic carbocycles. The molecular formula is C7H14N2O5S2. The molecule has 1 saturated heterocycles. The Morgan fingerprint density at radius 1 is 1.69 bits per heavy atom. The van der Waals surface area contributed by atoms with Gasteiger partial charge in [0.15, 0.2) is 0 Å². The van der Waals surface area contributed by atoms with Gasteiger partial charge in [-0.2, -0.15) is 17.4 Å². The van der Waals surface area contributed by atoms with Crippen LogP contribution in [0.4, 0.5) is 0 Å². The molecule has 94 valence electrons. The van der Waals surface area contributed by atoms with E-state index in [0.29, 0.717) is 0 Å². The highest BCUT2D eigenvalue weighted by Gasteiger charge is 2.38. The van der Waals surface area contributed by atoms with Crippen LogP contribution in [-0.4, -0.2) is 61.7 Å². The summed E-state index contributed by atoms with van der Waals surface area (Å²) in [5.41, 5.74) is 0. The third-order valence-corrected chi connectivity index (χ3v) is 4.77. The zero-order valence-electron chi connectivity index (χ0n) is 8.75. The second-order valence-corrected chi connectivity index (χ2v) is 5.84. The number of carboxylic acid groups (broad SMARTS) is 1. The molecule has 1 rings (SSSR count). The van der Waals surface area contributed by atoms with Crippen molar-refractivity contribution in [1.82, 2.24) is 9.03 Å². The first kappa shape index (κ1) is 13.7. The fourth-order valence-electron chi connectivity index (χ4n) is 1.21. The molecule has 2 N–H and O–H groups in total. The van der Waals surface area contributed by atoms with Crippen molar-refractivity contribution < 1.29 is 23.1 Å². The van der Waals surface area contributed by atoms with E-state index in [1.54, 1.807) is 0 Å².